The first kappa shape index (κ1) is 15.6. The number of cyclic esters (lactones) is 1. The van der Waals surface area contributed by atoms with Gasteiger partial charge in [-0.1, -0.05) is 19.9 Å². The third-order valence-electron chi connectivity index (χ3n) is 4.20. The van der Waals surface area contributed by atoms with Crippen LogP contribution in [0, 0.1) is 11.2 Å². The largest absolute Gasteiger partial charge is 0.464 e. The monoisotopic (exact) mass is 318 g/mol. The Hall–Kier alpha value is -2.28. The van der Waals surface area contributed by atoms with Crippen LogP contribution in [0.4, 0.5) is 4.39 Å². The van der Waals surface area contributed by atoms with E-state index in [4.69, 9.17) is 4.74 Å². The zero-order valence-electron chi connectivity index (χ0n) is 13.1. The first-order chi connectivity index (χ1) is 11.0. The first-order valence-electron chi connectivity index (χ1n) is 7.51. The fourth-order valence-corrected chi connectivity index (χ4v) is 2.72. The van der Waals surface area contributed by atoms with Crippen LogP contribution in [0.15, 0.2) is 30.9 Å². The Kier molecular flexibility index (Phi) is 4.12. The Bertz CT molecular complexity index is 700. The highest BCUT2D eigenvalue weighted by Crippen LogP contribution is 2.30. The van der Waals surface area contributed by atoms with E-state index in [1.165, 1.54) is 23.4 Å². The zero-order chi connectivity index (χ0) is 16.4. The highest BCUT2D eigenvalue weighted by molar-refractivity contribution is 5.77. The minimum Gasteiger partial charge on any atom is -0.464 e. The molecule has 1 aromatic carbocycles. The maximum atomic E-state index is 14.2. The van der Waals surface area contributed by atoms with Gasteiger partial charge in [0.2, 0.25) is 0 Å². The fourth-order valence-electron chi connectivity index (χ4n) is 2.72. The van der Waals surface area contributed by atoms with Gasteiger partial charge in [0.1, 0.15) is 30.2 Å². The molecule has 0 bridgehead atoms. The number of hydrogen-bond acceptors (Lipinski definition) is 5. The molecule has 1 saturated heterocycles. The molecule has 0 radical (unpaired) electrons. The summed E-state index contributed by atoms with van der Waals surface area (Å²) in [6.07, 6.45) is 3.60. The molecule has 3 rings (SSSR count). The van der Waals surface area contributed by atoms with Crippen LogP contribution in [-0.4, -0.2) is 33.4 Å². The number of aromatic nitrogens is 3. The molecule has 1 aliphatic heterocycles. The van der Waals surface area contributed by atoms with Crippen LogP contribution in [0.2, 0.25) is 0 Å². The SMILES string of the molecule is CC1(C)CCOC(=O)C1NCc1ccc(-n2cncn2)c(F)c1. The molecule has 2 aromatic rings. The van der Waals surface area contributed by atoms with Crippen LogP contribution in [0.25, 0.3) is 5.69 Å². The van der Waals surface area contributed by atoms with Crippen molar-refractivity contribution in [2.45, 2.75) is 32.9 Å². The first-order valence-corrected chi connectivity index (χ1v) is 7.51. The van der Waals surface area contributed by atoms with Crippen LogP contribution in [0.3, 0.4) is 0 Å². The van der Waals surface area contributed by atoms with E-state index in [1.807, 2.05) is 13.8 Å². The number of esters is 1. The highest BCUT2D eigenvalue weighted by atomic mass is 19.1. The van der Waals surface area contributed by atoms with Gasteiger partial charge in [0.05, 0.1) is 6.61 Å². The van der Waals surface area contributed by atoms with Crippen molar-refractivity contribution in [3.8, 4) is 5.69 Å². The molecule has 1 unspecified atom stereocenters. The Morgan fingerprint density at radius 1 is 1.48 bits per heavy atom. The van der Waals surface area contributed by atoms with Crippen molar-refractivity contribution in [1.82, 2.24) is 20.1 Å². The number of carbonyl (C=O) groups is 1. The molecule has 1 aromatic heterocycles. The second kappa shape index (κ2) is 6.08. The van der Waals surface area contributed by atoms with Gasteiger partial charge in [-0.05, 0) is 29.5 Å². The molecule has 2 heterocycles. The molecular formula is C16H19FN4O2. The predicted molar refractivity (Wildman–Crippen MR) is 81.3 cm³/mol. The number of rotatable bonds is 4. The summed E-state index contributed by atoms with van der Waals surface area (Å²) >= 11 is 0. The minimum absolute atomic E-state index is 0.186. The van der Waals surface area contributed by atoms with Crippen molar-refractivity contribution in [3.05, 3.63) is 42.2 Å². The van der Waals surface area contributed by atoms with Gasteiger partial charge in [-0.3, -0.25) is 10.1 Å². The molecule has 1 fully saturated rings. The molecule has 122 valence electrons. The van der Waals surface area contributed by atoms with Crippen molar-refractivity contribution >= 4 is 5.97 Å². The molecule has 0 amide bonds. The maximum Gasteiger partial charge on any atom is 0.323 e. The van der Waals surface area contributed by atoms with E-state index >= 15 is 0 Å². The van der Waals surface area contributed by atoms with Crippen molar-refractivity contribution < 1.29 is 13.9 Å². The lowest BCUT2D eigenvalue weighted by atomic mass is 9.80. The smallest absolute Gasteiger partial charge is 0.323 e. The summed E-state index contributed by atoms with van der Waals surface area (Å²) in [5.74, 6) is -0.638. The summed E-state index contributed by atoms with van der Waals surface area (Å²) in [4.78, 5) is 15.7. The molecular weight excluding hydrogens is 299 g/mol. The number of nitrogens with zero attached hydrogens (tertiary/aromatic N) is 3. The summed E-state index contributed by atoms with van der Waals surface area (Å²) in [6.45, 7) is 4.89. The van der Waals surface area contributed by atoms with Crippen LogP contribution < -0.4 is 5.32 Å². The van der Waals surface area contributed by atoms with Crippen molar-refractivity contribution in [1.29, 1.82) is 0 Å². The summed E-state index contributed by atoms with van der Waals surface area (Å²) < 4.78 is 20.7. The lowest BCUT2D eigenvalue weighted by Gasteiger charge is -2.37. The Morgan fingerprint density at radius 3 is 2.96 bits per heavy atom. The molecule has 0 spiro atoms. The number of hydrogen-bond donors (Lipinski definition) is 1. The van der Waals surface area contributed by atoms with Crippen molar-refractivity contribution in [3.63, 3.8) is 0 Å². The molecule has 23 heavy (non-hydrogen) atoms. The highest BCUT2D eigenvalue weighted by Gasteiger charge is 2.39. The lowest BCUT2D eigenvalue weighted by Crippen LogP contribution is -2.52. The molecule has 7 heteroatoms. The standard InChI is InChI=1S/C16H19FN4O2/c1-16(2)5-6-23-15(22)14(16)19-8-11-3-4-13(12(17)7-11)21-10-18-9-20-21/h3-4,7,9-10,14,19H,5-6,8H2,1-2H3. The van der Waals surface area contributed by atoms with Crippen LogP contribution in [-0.2, 0) is 16.1 Å². The van der Waals surface area contributed by atoms with Gasteiger partial charge in [-0.2, -0.15) is 5.10 Å². The Labute approximate surface area is 133 Å². The number of benzene rings is 1. The predicted octanol–water partition coefficient (Wildman–Crippen LogP) is 1.84. The number of nitrogens with one attached hydrogen (secondary N) is 1. The van der Waals surface area contributed by atoms with Gasteiger partial charge in [-0.15, -0.1) is 0 Å². The van der Waals surface area contributed by atoms with Gasteiger partial charge in [0, 0.05) is 6.54 Å². The van der Waals surface area contributed by atoms with E-state index in [1.54, 1.807) is 12.1 Å². The van der Waals surface area contributed by atoms with Crippen LogP contribution >= 0.6 is 0 Å². The average Bonchev–Trinajstić information content (AvgIpc) is 3.00. The van der Waals surface area contributed by atoms with E-state index in [0.29, 0.717) is 18.8 Å². The number of halogens is 1. The Balaban J connectivity index is 1.71. The maximum absolute atomic E-state index is 14.2. The average molecular weight is 318 g/mol. The normalized spacial score (nSPS) is 20.3. The van der Waals surface area contributed by atoms with Gasteiger partial charge in [0.15, 0.2) is 0 Å². The number of ether oxygens (including phenoxy) is 1. The van der Waals surface area contributed by atoms with E-state index in [9.17, 15) is 9.18 Å². The fraction of sp³-hybridized carbons (Fsp3) is 0.438. The van der Waals surface area contributed by atoms with Crippen molar-refractivity contribution in [2.24, 2.45) is 5.41 Å². The molecule has 1 N–H and O–H groups in total. The summed E-state index contributed by atoms with van der Waals surface area (Å²) in [7, 11) is 0. The van der Waals surface area contributed by atoms with E-state index in [2.05, 4.69) is 15.4 Å². The summed E-state index contributed by atoms with van der Waals surface area (Å²) in [5, 5.41) is 7.10. The zero-order valence-corrected chi connectivity index (χ0v) is 13.1. The minimum atomic E-state index is -0.394. The van der Waals surface area contributed by atoms with E-state index in [0.717, 1.165) is 12.0 Å². The molecule has 1 atom stereocenters. The summed E-state index contributed by atoms with van der Waals surface area (Å²) in [6, 6.07) is 4.49. The van der Waals surface area contributed by atoms with Gasteiger partial charge >= 0.3 is 5.97 Å². The Morgan fingerprint density at radius 2 is 2.30 bits per heavy atom. The molecule has 1 aliphatic rings. The summed E-state index contributed by atoms with van der Waals surface area (Å²) in [5.41, 5.74) is 0.901. The lowest BCUT2D eigenvalue weighted by molar-refractivity contribution is -0.156. The van der Waals surface area contributed by atoms with Gasteiger partial charge in [-0.25, -0.2) is 14.1 Å². The van der Waals surface area contributed by atoms with E-state index < -0.39 is 6.04 Å². The quantitative estimate of drug-likeness (QED) is 0.871. The van der Waals surface area contributed by atoms with E-state index in [-0.39, 0.29) is 17.2 Å². The second-order valence-electron chi connectivity index (χ2n) is 6.35. The van der Waals surface area contributed by atoms with Crippen LogP contribution in [0.1, 0.15) is 25.8 Å². The molecule has 0 saturated carbocycles. The van der Waals surface area contributed by atoms with Gasteiger partial charge < -0.3 is 4.74 Å². The number of carbonyl (C=O) groups excluding carboxylic acids is 1. The van der Waals surface area contributed by atoms with Crippen molar-refractivity contribution in [2.75, 3.05) is 6.61 Å². The molecule has 6 nitrogen and oxygen atoms in total. The third-order valence-corrected chi connectivity index (χ3v) is 4.20. The second-order valence-corrected chi connectivity index (χ2v) is 6.35. The third kappa shape index (κ3) is 3.24. The van der Waals surface area contributed by atoms with Gasteiger partial charge in [0.25, 0.3) is 0 Å². The topological polar surface area (TPSA) is 69.0 Å². The molecule has 0 aliphatic carbocycles. The van der Waals surface area contributed by atoms with Crippen LogP contribution in [0.5, 0.6) is 0 Å².